The molecule has 1 aromatic carbocycles. The van der Waals surface area contributed by atoms with Crippen molar-refractivity contribution in [2.45, 2.75) is 25.2 Å². The third kappa shape index (κ3) is 2.41. The zero-order valence-electron chi connectivity index (χ0n) is 10.5. The van der Waals surface area contributed by atoms with Gasteiger partial charge in [-0.25, -0.2) is 4.79 Å². The van der Waals surface area contributed by atoms with Gasteiger partial charge in [0.2, 0.25) is 0 Å². The van der Waals surface area contributed by atoms with Crippen LogP contribution in [0.4, 0.5) is 0 Å². The molecule has 1 saturated carbocycles. The van der Waals surface area contributed by atoms with E-state index in [1.165, 1.54) is 0 Å². The average Bonchev–Trinajstić information content (AvgIpc) is 3.17. The topological polar surface area (TPSA) is 63.7 Å². The number of amides is 2. The van der Waals surface area contributed by atoms with Gasteiger partial charge in [0.1, 0.15) is 0 Å². The Kier molecular flexibility index (Phi) is 3.22. The van der Waals surface area contributed by atoms with Gasteiger partial charge in [-0.3, -0.25) is 9.59 Å². The van der Waals surface area contributed by atoms with Crippen molar-refractivity contribution in [1.29, 1.82) is 0 Å². The number of hydrogen-bond donors (Lipinski definition) is 0. The summed E-state index contributed by atoms with van der Waals surface area (Å²) in [6.07, 6.45) is 0.880. The minimum atomic E-state index is -0.520. The lowest BCUT2D eigenvalue weighted by Crippen LogP contribution is -2.32. The van der Waals surface area contributed by atoms with Crippen LogP contribution in [-0.4, -0.2) is 22.8 Å². The van der Waals surface area contributed by atoms with Gasteiger partial charge in [-0.15, -0.1) is 5.06 Å². The zero-order valence-corrected chi connectivity index (χ0v) is 11.3. The number of carbonyl (C=O) groups is 3. The highest BCUT2D eigenvalue weighted by Gasteiger charge is 2.47. The van der Waals surface area contributed by atoms with Gasteiger partial charge in [0.05, 0.1) is 5.92 Å². The van der Waals surface area contributed by atoms with Crippen molar-refractivity contribution < 1.29 is 19.2 Å². The van der Waals surface area contributed by atoms with Crippen molar-refractivity contribution in [2.24, 2.45) is 5.92 Å². The van der Waals surface area contributed by atoms with Crippen molar-refractivity contribution in [3.8, 4) is 0 Å². The highest BCUT2D eigenvalue weighted by atomic mass is 35.5. The first kappa shape index (κ1) is 13.1. The molecule has 1 aliphatic heterocycles. The van der Waals surface area contributed by atoms with Gasteiger partial charge in [-0.05, 0) is 30.0 Å². The monoisotopic (exact) mass is 293 g/mol. The second-order valence-corrected chi connectivity index (χ2v) is 5.43. The molecule has 0 aromatic heterocycles. The first-order chi connectivity index (χ1) is 9.56. The van der Waals surface area contributed by atoms with E-state index in [-0.39, 0.29) is 24.7 Å². The normalized spacial score (nSPS) is 24.9. The highest BCUT2D eigenvalue weighted by Crippen LogP contribution is 2.48. The molecule has 1 aromatic rings. The van der Waals surface area contributed by atoms with E-state index in [4.69, 9.17) is 16.4 Å². The van der Waals surface area contributed by atoms with E-state index in [0.29, 0.717) is 16.5 Å². The maximum absolute atomic E-state index is 11.9. The number of halogens is 1. The fraction of sp³-hybridized carbons (Fsp3) is 0.357. The van der Waals surface area contributed by atoms with Crippen LogP contribution in [0.2, 0.25) is 5.02 Å². The first-order valence-electron chi connectivity index (χ1n) is 6.39. The van der Waals surface area contributed by atoms with Crippen LogP contribution in [0.25, 0.3) is 0 Å². The molecular weight excluding hydrogens is 282 g/mol. The standard InChI is InChI=1S/C14H12ClNO4/c15-9-3-1-8(2-4-9)10-7-11(10)14(19)20-16-12(17)5-6-13(16)18/h1-4,10-11H,5-7H2. The summed E-state index contributed by atoms with van der Waals surface area (Å²) in [7, 11) is 0. The second kappa shape index (κ2) is 4.90. The number of rotatable bonds is 3. The third-order valence-electron chi connectivity index (χ3n) is 3.58. The molecule has 104 valence electrons. The summed E-state index contributed by atoms with van der Waals surface area (Å²) >= 11 is 5.81. The first-order valence-corrected chi connectivity index (χ1v) is 6.77. The molecule has 2 unspecified atom stereocenters. The van der Waals surface area contributed by atoms with E-state index >= 15 is 0 Å². The lowest BCUT2D eigenvalue weighted by atomic mass is 10.1. The van der Waals surface area contributed by atoms with E-state index in [2.05, 4.69) is 0 Å². The third-order valence-corrected chi connectivity index (χ3v) is 3.83. The van der Waals surface area contributed by atoms with Gasteiger partial charge in [0.15, 0.2) is 0 Å². The molecule has 0 N–H and O–H groups in total. The van der Waals surface area contributed by atoms with Gasteiger partial charge in [-0.1, -0.05) is 23.7 Å². The summed E-state index contributed by atoms with van der Waals surface area (Å²) in [5.74, 6) is -1.64. The van der Waals surface area contributed by atoms with Crippen molar-refractivity contribution in [3.05, 3.63) is 34.9 Å². The predicted molar refractivity (Wildman–Crippen MR) is 69.5 cm³/mol. The van der Waals surface area contributed by atoms with Gasteiger partial charge in [-0.2, -0.15) is 0 Å². The molecule has 20 heavy (non-hydrogen) atoms. The van der Waals surface area contributed by atoms with Crippen LogP contribution in [0.3, 0.4) is 0 Å². The number of imide groups is 1. The minimum absolute atomic E-state index is 0.0765. The fourth-order valence-electron chi connectivity index (χ4n) is 2.35. The Labute approximate surface area is 120 Å². The van der Waals surface area contributed by atoms with Gasteiger partial charge >= 0.3 is 5.97 Å². The largest absolute Gasteiger partial charge is 0.336 e. The molecule has 0 spiro atoms. The summed E-state index contributed by atoms with van der Waals surface area (Å²) in [5.41, 5.74) is 1.01. The number of nitrogens with zero attached hydrogens (tertiary/aromatic N) is 1. The Morgan fingerprint density at radius 3 is 2.35 bits per heavy atom. The Balaban J connectivity index is 1.61. The molecule has 1 saturated heterocycles. The summed E-state index contributed by atoms with van der Waals surface area (Å²) < 4.78 is 0. The minimum Gasteiger partial charge on any atom is -0.330 e. The van der Waals surface area contributed by atoms with Crippen LogP contribution in [-0.2, 0) is 19.2 Å². The number of hydroxylamine groups is 2. The molecule has 0 radical (unpaired) electrons. The number of carbonyl (C=O) groups excluding carboxylic acids is 3. The van der Waals surface area contributed by atoms with Crippen LogP contribution in [0, 0.1) is 5.92 Å². The predicted octanol–water partition coefficient (Wildman–Crippen LogP) is 2.05. The van der Waals surface area contributed by atoms with E-state index in [1.807, 2.05) is 12.1 Å². The SMILES string of the molecule is O=C(ON1C(=O)CCC1=O)C1CC1c1ccc(Cl)cc1. The highest BCUT2D eigenvalue weighted by molar-refractivity contribution is 6.30. The molecule has 2 fully saturated rings. The quantitative estimate of drug-likeness (QED) is 0.800. The lowest BCUT2D eigenvalue weighted by Gasteiger charge is -2.12. The summed E-state index contributed by atoms with van der Waals surface area (Å²) in [4.78, 5) is 39.5. The summed E-state index contributed by atoms with van der Waals surface area (Å²) in [6, 6.07) is 7.27. The van der Waals surface area contributed by atoms with Gasteiger partial charge < -0.3 is 4.84 Å². The Hall–Kier alpha value is -1.88. The van der Waals surface area contributed by atoms with Gasteiger partial charge in [0, 0.05) is 17.9 Å². The van der Waals surface area contributed by atoms with Crippen LogP contribution in [0.5, 0.6) is 0 Å². The van der Waals surface area contributed by atoms with Crippen molar-refractivity contribution >= 4 is 29.4 Å². The van der Waals surface area contributed by atoms with Crippen molar-refractivity contribution in [3.63, 3.8) is 0 Å². The van der Waals surface area contributed by atoms with E-state index in [0.717, 1.165) is 5.56 Å². The van der Waals surface area contributed by atoms with Crippen LogP contribution in [0.1, 0.15) is 30.7 Å². The molecular formula is C14H12ClNO4. The maximum Gasteiger partial charge on any atom is 0.336 e. The molecule has 0 bridgehead atoms. The lowest BCUT2D eigenvalue weighted by molar-refractivity contribution is -0.198. The van der Waals surface area contributed by atoms with E-state index < -0.39 is 17.8 Å². The van der Waals surface area contributed by atoms with Crippen molar-refractivity contribution in [2.75, 3.05) is 0 Å². The summed E-state index contributed by atoms with van der Waals surface area (Å²) in [5, 5.41) is 1.24. The Morgan fingerprint density at radius 2 is 1.75 bits per heavy atom. The fourth-order valence-corrected chi connectivity index (χ4v) is 2.48. The average molecular weight is 294 g/mol. The smallest absolute Gasteiger partial charge is 0.330 e. The van der Waals surface area contributed by atoms with Crippen LogP contribution < -0.4 is 0 Å². The Morgan fingerprint density at radius 1 is 1.15 bits per heavy atom. The maximum atomic E-state index is 11.9. The zero-order chi connectivity index (χ0) is 14.3. The molecule has 2 amide bonds. The molecule has 2 aliphatic rings. The van der Waals surface area contributed by atoms with Gasteiger partial charge in [0.25, 0.3) is 11.8 Å². The molecule has 1 heterocycles. The molecule has 2 atom stereocenters. The second-order valence-electron chi connectivity index (χ2n) is 4.99. The molecule has 6 heteroatoms. The molecule has 5 nitrogen and oxygen atoms in total. The summed E-state index contributed by atoms with van der Waals surface area (Å²) in [6.45, 7) is 0. The van der Waals surface area contributed by atoms with E-state index in [9.17, 15) is 14.4 Å². The van der Waals surface area contributed by atoms with Crippen molar-refractivity contribution in [1.82, 2.24) is 5.06 Å². The number of hydrogen-bond acceptors (Lipinski definition) is 4. The van der Waals surface area contributed by atoms with Crippen LogP contribution >= 0.6 is 11.6 Å². The van der Waals surface area contributed by atoms with Crippen LogP contribution in [0.15, 0.2) is 24.3 Å². The molecule has 1 aliphatic carbocycles. The van der Waals surface area contributed by atoms with E-state index in [1.54, 1.807) is 12.1 Å². The molecule has 3 rings (SSSR count). The Bertz CT molecular complexity index is 567. The number of benzene rings is 1.